The number of fused-ring (bicyclic) bond motifs is 1. The summed E-state index contributed by atoms with van der Waals surface area (Å²) < 4.78 is 5.80. The SMILES string of the molecule is C=C/C(=C(\C=C)[N+](=O)[O-])c1ccc2nc(-c3ccccc3)oc2c1. The molecule has 0 atom stereocenters. The predicted octanol–water partition coefficient (Wildman–Crippen LogP) is 4.85. The Morgan fingerprint density at radius 1 is 1.12 bits per heavy atom. The fourth-order valence-corrected chi connectivity index (χ4v) is 2.45. The van der Waals surface area contributed by atoms with Gasteiger partial charge in [-0.1, -0.05) is 43.5 Å². The van der Waals surface area contributed by atoms with Gasteiger partial charge < -0.3 is 4.42 Å². The van der Waals surface area contributed by atoms with Crippen molar-refractivity contribution in [1.29, 1.82) is 0 Å². The van der Waals surface area contributed by atoms with E-state index in [2.05, 4.69) is 18.1 Å². The van der Waals surface area contributed by atoms with Crippen molar-refractivity contribution in [2.45, 2.75) is 0 Å². The molecule has 118 valence electrons. The molecule has 0 aliphatic rings. The highest BCUT2D eigenvalue weighted by molar-refractivity contribution is 5.84. The number of hydrogen-bond acceptors (Lipinski definition) is 4. The Balaban J connectivity index is 2.14. The van der Waals surface area contributed by atoms with Gasteiger partial charge in [-0.3, -0.25) is 10.1 Å². The summed E-state index contributed by atoms with van der Waals surface area (Å²) in [4.78, 5) is 15.1. The summed E-state index contributed by atoms with van der Waals surface area (Å²) in [6.45, 7) is 7.16. The molecule has 2 aromatic carbocycles. The molecule has 0 spiro atoms. The van der Waals surface area contributed by atoms with E-state index in [0.717, 1.165) is 5.56 Å². The van der Waals surface area contributed by atoms with Crippen LogP contribution in [0.25, 0.3) is 28.1 Å². The van der Waals surface area contributed by atoms with Crippen molar-refractivity contribution < 1.29 is 9.34 Å². The molecule has 5 heteroatoms. The summed E-state index contributed by atoms with van der Waals surface area (Å²) in [5, 5.41) is 11.1. The zero-order valence-electron chi connectivity index (χ0n) is 12.8. The number of hydrogen-bond donors (Lipinski definition) is 0. The van der Waals surface area contributed by atoms with Crippen molar-refractivity contribution in [3.63, 3.8) is 0 Å². The quantitative estimate of drug-likeness (QED) is 0.383. The Kier molecular flexibility index (Phi) is 4.07. The molecule has 5 nitrogen and oxygen atoms in total. The van der Waals surface area contributed by atoms with Gasteiger partial charge in [0, 0.05) is 11.6 Å². The molecular weight excluding hydrogens is 304 g/mol. The molecule has 3 aromatic rings. The van der Waals surface area contributed by atoms with Gasteiger partial charge in [-0.2, -0.15) is 0 Å². The average Bonchev–Trinajstić information content (AvgIpc) is 3.03. The molecule has 0 radical (unpaired) electrons. The van der Waals surface area contributed by atoms with E-state index in [1.54, 1.807) is 18.2 Å². The van der Waals surface area contributed by atoms with Gasteiger partial charge >= 0.3 is 0 Å². The standard InChI is InChI=1S/C19H14N2O3/c1-3-15(17(4-2)21(22)23)14-10-11-16-18(12-14)24-19(20-16)13-8-6-5-7-9-13/h3-12H,1-2H2/b17-15-. The first-order valence-corrected chi connectivity index (χ1v) is 7.24. The molecule has 1 heterocycles. The molecule has 0 fully saturated rings. The fraction of sp³-hybridized carbons (Fsp3) is 0. The molecule has 0 aliphatic carbocycles. The van der Waals surface area contributed by atoms with E-state index in [-0.39, 0.29) is 5.70 Å². The molecule has 0 saturated carbocycles. The minimum absolute atomic E-state index is 0.104. The molecule has 1 aromatic heterocycles. The van der Waals surface area contributed by atoms with Crippen molar-refractivity contribution in [1.82, 2.24) is 4.98 Å². The number of oxazole rings is 1. The summed E-state index contributed by atoms with van der Waals surface area (Å²) in [6, 6.07) is 14.8. The van der Waals surface area contributed by atoms with Crippen molar-refractivity contribution in [2.75, 3.05) is 0 Å². The zero-order valence-corrected chi connectivity index (χ0v) is 12.8. The second-order valence-corrected chi connectivity index (χ2v) is 5.03. The number of allylic oxidation sites excluding steroid dienone is 3. The number of nitro groups is 1. The van der Waals surface area contributed by atoms with Crippen LogP contribution in [-0.2, 0) is 0 Å². The number of benzene rings is 2. The number of aromatic nitrogens is 1. The number of nitrogens with zero attached hydrogens (tertiary/aromatic N) is 2. The van der Waals surface area contributed by atoms with Crippen LogP contribution in [0.15, 0.2) is 84.0 Å². The van der Waals surface area contributed by atoms with Gasteiger partial charge in [0.05, 0.1) is 10.5 Å². The van der Waals surface area contributed by atoms with Gasteiger partial charge in [0.2, 0.25) is 5.89 Å². The predicted molar refractivity (Wildman–Crippen MR) is 93.8 cm³/mol. The first-order valence-electron chi connectivity index (χ1n) is 7.24. The van der Waals surface area contributed by atoms with Gasteiger partial charge in [0.1, 0.15) is 5.52 Å². The normalized spacial score (nSPS) is 11.8. The summed E-state index contributed by atoms with van der Waals surface area (Å²) in [6.07, 6.45) is 2.65. The minimum atomic E-state index is -0.482. The Morgan fingerprint density at radius 2 is 1.88 bits per heavy atom. The highest BCUT2D eigenvalue weighted by Gasteiger charge is 2.16. The second-order valence-electron chi connectivity index (χ2n) is 5.03. The third kappa shape index (κ3) is 2.75. The van der Waals surface area contributed by atoms with Crippen LogP contribution in [0.5, 0.6) is 0 Å². The summed E-state index contributed by atoms with van der Waals surface area (Å²) in [5.74, 6) is 0.505. The summed E-state index contributed by atoms with van der Waals surface area (Å²) >= 11 is 0. The lowest BCUT2D eigenvalue weighted by Gasteiger charge is -2.02. The second kappa shape index (κ2) is 6.34. The van der Waals surface area contributed by atoms with Crippen LogP contribution >= 0.6 is 0 Å². The van der Waals surface area contributed by atoms with Crippen LogP contribution in [-0.4, -0.2) is 9.91 Å². The fourth-order valence-electron chi connectivity index (χ4n) is 2.45. The number of rotatable bonds is 5. The molecule has 0 N–H and O–H groups in total. The molecule has 0 bridgehead atoms. The zero-order chi connectivity index (χ0) is 17.1. The molecule has 24 heavy (non-hydrogen) atoms. The molecule has 0 amide bonds. The lowest BCUT2D eigenvalue weighted by atomic mass is 10.0. The molecule has 0 saturated heterocycles. The van der Waals surface area contributed by atoms with Crippen molar-refractivity contribution in [2.24, 2.45) is 0 Å². The van der Waals surface area contributed by atoms with E-state index in [1.165, 1.54) is 12.2 Å². The molecule has 0 unspecified atom stereocenters. The van der Waals surface area contributed by atoms with E-state index in [0.29, 0.717) is 28.1 Å². The van der Waals surface area contributed by atoms with Gasteiger partial charge in [0.25, 0.3) is 5.70 Å². The highest BCUT2D eigenvalue weighted by Crippen LogP contribution is 2.28. The van der Waals surface area contributed by atoms with E-state index in [4.69, 9.17) is 4.42 Å². The smallest absolute Gasteiger partial charge is 0.276 e. The topological polar surface area (TPSA) is 69.2 Å². The highest BCUT2D eigenvalue weighted by atomic mass is 16.6. The summed E-state index contributed by atoms with van der Waals surface area (Å²) in [5.41, 5.74) is 3.01. The third-order valence-electron chi connectivity index (χ3n) is 3.59. The monoisotopic (exact) mass is 318 g/mol. The molecule has 3 rings (SSSR count). The third-order valence-corrected chi connectivity index (χ3v) is 3.59. The Hall–Kier alpha value is -3.47. The van der Waals surface area contributed by atoms with Gasteiger partial charge in [0.15, 0.2) is 5.58 Å². The van der Waals surface area contributed by atoms with E-state index >= 15 is 0 Å². The Labute approximate surface area is 138 Å². The van der Waals surface area contributed by atoms with Crippen LogP contribution in [0.2, 0.25) is 0 Å². The first kappa shape index (κ1) is 15.4. The van der Waals surface area contributed by atoms with Crippen LogP contribution in [0.3, 0.4) is 0 Å². The Morgan fingerprint density at radius 3 is 2.50 bits per heavy atom. The van der Waals surface area contributed by atoms with Crippen molar-refractivity contribution >= 4 is 16.7 Å². The maximum atomic E-state index is 11.1. The average molecular weight is 318 g/mol. The van der Waals surface area contributed by atoms with Gasteiger partial charge in [-0.15, -0.1) is 0 Å². The lowest BCUT2D eigenvalue weighted by Crippen LogP contribution is -1.99. The molecule has 0 aliphatic heterocycles. The van der Waals surface area contributed by atoms with Crippen molar-refractivity contribution in [3.8, 4) is 11.5 Å². The molecular formula is C19H14N2O3. The first-order chi connectivity index (χ1) is 11.6. The van der Waals surface area contributed by atoms with Gasteiger partial charge in [-0.25, -0.2) is 4.98 Å². The largest absolute Gasteiger partial charge is 0.436 e. The van der Waals surface area contributed by atoms with Crippen LogP contribution < -0.4 is 0 Å². The van der Waals surface area contributed by atoms with Crippen LogP contribution in [0.4, 0.5) is 0 Å². The van der Waals surface area contributed by atoms with E-state index in [1.807, 2.05) is 30.3 Å². The van der Waals surface area contributed by atoms with Crippen LogP contribution in [0, 0.1) is 10.1 Å². The maximum absolute atomic E-state index is 11.1. The lowest BCUT2D eigenvalue weighted by molar-refractivity contribution is -0.417. The van der Waals surface area contributed by atoms with Gasteiger partial charge in [-0.05, 0) is 29.8 Å². The maximum Gasteiger partial charge on any atom is 0.276 e. The van der Waals surface area contributed by atoms with Crippen molar-refractivity contribution in [3.05, 3.63) is 95.2 Å². The van der Waals surface area contributed by atoms with E-state index in [9.17, 15) is 10.1 Å². The Bertz CT molecular complexity index is 969. The summed E-state index contributed by atoms with van der Waals surface area (Å²) in [7, 11) is 0. The van der Waals surface area contributed by atoms with Crippen LogP contribution in [0.1, 0.15) is 5.56 Å². The minimum Gasteiger partial charge on any atom is -0.436 e. The van der Waals surface area contributed by atoms with E-state index < -0.39 is 4.92 Å².